The molecule has 0 aliphatic rings. The van der Waals surface area contributed by atoms with Crippen LogP contribution in [0.1, 0.15) is 12.8 Å². The Morgan fingerprint density at radius 2 is 1.92 bits per heavy atom. The Labute approximate surface area is 151 Å². The molecule has 0 saturated heterocycles. The number of methoxy groups -OCH3 is 1. The van der Waals surface area contributed by atoms with E-state index in [1.807, 2.05) is 43.3 Å². The van der Waals surface area contributed by atoms with Gasteiger partial charge >= 0.3 is 6.03 Å². The zero-order valence-corrected chi connectivity index (χ0v) is 14.9. The van der Waals surface area contributed by atoms with E-state index >= 15 is 0 Å². The molecule has 0 bridgehead atoms. The quantitative estimate of drug-likeness (QED) is 0.728. The van der Waals surface area contributed by atoms with Crippen LogP contribution in [0.5, 0.6) is 5.75 Å². The van der Waals surface area contributed by atoms with Crippen LogP contribution in [0, 0.1) is 6.92 Å². The van der Waals surface area contributed by atoms with Crippen LogP contribution in [0.2, 0.25) is 0 Å². The normalized spacial score (nSPS) is 10.4. The van der Waals surface area contributed by atoms with Crippen molar-refractivity contribution >= 4 is 11.7 Å². The molecule has 3 rings (SSSR count). The van der Waals surface area contributed by atoms with E-state index in [9.17, 15) is 4.79 Å². The van der Waals surface area contributed by atoms with E-state index < -0.39 is 0 Å². The minimum Gasteiger partial charge on any atom is -0.495 e. The third kappa shape index (κ3) is 3.66. The van der Waals surface area contributed by atoms with Crippen LogP contribution in [0.25, 0.3) is 22.6 Å². The third-order valence-corrected chi connectivity index (χ3v) is 3.78. The standard InChI is InChI=1S/C19H20N4O3/c1-4-20-19(24)21-16-10-9-13(11-17(16)25-3)14-7-5-6-8-15(14)18-23-22-12(2)26-18/h5-11H,4H2,1-3H3,(H2,20,21,24). The topological polar surface area (TPSA) is 89.3 Å². The van der Waals surface area contributed by atoms with E-state index in [1.54, 1.807) is 20.1 Å². The van der Waals surface area contributed by atoms with Crippen molar-refractivity contribution in [2.45, 2.75) is 13.8 Å². The number of amides is 2. The summed E-state index contributed by atoms with van der Waals surface area (Å²) in [4.78, 5) is 11.8. The largest absolute Gasteiger partial charge is 0.495 e. The minimum atomic E-state index is -0.278. The lowest BCUT2D eigenvalue weighted by Crippen LogP contribution is -2.28. The Kier molecular flexibility index (Phi) is 5.17. The maximum Gasteiger partial charge on any atom is 0.319 e. The predicted octanol–water partition coefficient (Wildman–Crippen LogP) is 3.86. The summed E-state index contributed by atoms with van der Waals surface area (Å²) in [6.07, 6.45) is 0. The molecule has 1 heterocycles. The molecule has 3 aromatic rings. The Balaban J connectivity index is 1.99. The van der Waals surface area contributed by atoms with Crippen molar-refractivity contribution in [2.75, 3.05) is 19.0 Å². The first-order valence-corrected chi connectivity index (χ1v) is 8.25. The number of nitrogens with one attached hydrogen (secondary N) is 2. The van der Waals surface area contributed by atoms with Crippen molar-refractivity contribution in [3.63, 3.8) is 0 Å². The Hall–Kier alpha value is -3.35. The van der Waals surface area contributed by atoms with Crippen molar-refractivity contribution in [3.8, 4) is 28.3 Å². The average Bonchev–Trinajstić information content (AvgIpc) is 3.08. The van der Waals surface area contributed by atoms with Crippen molar-refractivity contribution in [1.82, 2.24) is 15.5 Å². The molecule has 26 heavy (non-hydrogen) atoms. The van der Waals surface area contributed by atoms with E-state index in [-0.39, 0.29) is 6.03 Å². The molecule has 0 unspecified atom stereocenters. The van der Waals surface area contributed by atoms with Gasteiger partial charge in [0.15, 0.2) is 0 Å². The molecule has 0 spiro atoms. The van der Waals surface area contributed by atoms with E-state index in [2.05, 4.69) is 20.8 Å². The zero-order chi connectivity index (χ0) is 18.5. The van der Waals surface area contributed by atoms with Gasteiger partial charge in [-0.1, -0.05) is 24.3 Å². The van der Waals surface area contributed by atoms with Crippen molar-refractivity contribution in [1.29, 1.82) is 0 Å². The smallest absolute Gasteiger partial charge is 0.319 e. The minimum absolute atomic E-state index is 0.278. The highest BCUT2D eigenvalue weighted by Crippen LogP contribution is 2.35. The molecule has 0 saturated carbocycles. The summed E-state index contributed by atoms with van der Waals surface area (Å²) in [5.74, 6) is 1.53. The summed E-state index contributed by atoms with van der Waals surface area (Å²) in [5.41, 5.74) is 3.27. The first-order valence-electron chi connectivity index (χ1n) is 8.25. The molecule has 1 aromatic heterocycles. The maximum absolute atomic E-state index is 11.8. The fourth-order valence-electron chi connectivity index (χ4n) is 2.62. The number of carbonyl (C=O) groups is 1. The molecule has 7 heteroatoms. The number of aryl methyl sites for hydroxylation is 1. The molecule has 0 radical (unpaired) electrons. The highest BCUT2D eigenvalue weighted by atomic mass is 16.5. The van der Waals surface area contributed by atoms with Crippen LogP contribution in [-0.4, -0.2) is 29.9 Å². The van der Waals surface area contributed by atoms with Gasteiger partial charge in [0.1, 0.15) is 5.75 Å². The lowest BCUT2D eigenvalue weighted by atomic mass is 9.99. The maximum atomic E-state index is 11.8. The molecule has 134 valence electrons. The van der Waals surface area contributed by atoms with Crippen molar-refractivity contribution in [2.24, 2.45) is 0 Å². The fourth-order valence-corrected chi connectivity index (χ4v) is 2.62. The Bertz CT molecular complexity index is 921. The number of urea groups is 1. The lowest BCUT2D eigenvalue weighted by Gasteiger charge is -2.13. The van der Waals surface area contributed by atoms with Crippen LogP contribution in [-0.2, 0) is 0 Å². The fraction of sp³-hybridized carbons (Fsp3) is 0.211. The monoisotopic (exact) mass is 352 g/mol. The molecule has 2 N–H and O–H groups in total. The van der Waals surface area contributed by atoms with Gasteiger partial charge in [0.25, 0.3) is 0 Å². The summed E-state index contributed by atoms with van der Waals surface area (Å²) in [6, 6.07) is 13.1. The zero-order valence-electron chi connectivity index (χ0n) is 14.9. The predicted molar refractivity (Wildman–Crippen MR) is 99.2 cm³/mol. The summed E-state index contributed by atoms with van der Waals surface area (Å²) < 4.78 is 11.0. The summed E-state index contributed by atoms with van der Waals surface area (Å²) in [6.45, 7) is 4.16. The first-order chi connectivity index (χ1) is 12.6. The SMILES string of the molecule is CCNC(=O)Nc1ccc(-c2ccccc2-c2nnc(C)o2)cc1OC. The Morgan fingerprint density at radius 1 is 1.15 bits per heavy atom. The van der Waals surface area contributed by atoms with Gasteiger partial charge in [-0.3, -0.25) is 0 Å². The second kappa shape index (κ2) is 7.69. The van der Waals surface area contributed by atoms with Crippen LogP contribution < -0.4 is 15.4 Å². The summed E-state index contributed by atoms with van der Waals surface area (Å²) in [5, 5.41) is 13.5. The van der Waals surface area contributed by atoms with Crippen molar-refractivity contribution in [3.05, 3.63) is 48.4 Å². The summed E-state index contributed by atoms with van der Waals surface area (Å²) >= 11 is 0. The second-order valence-electron chi connectivity index (χ2n) is 5.57. The van der Waals surface area contributed by atoms with Gasteiger partial charge < -0.3 is 19.8 Å². The van der Waals surface area contributed by atoms with Gasteiger partial charge in [0, 0.05) is 19.0 Å². The first kappa shape index (κ1) is 17.5. The van der Waals surface area contributed by atoms with Gasteiger partial charge in [0.05, 0.1) is 12.8 Å². The van der Waals surface area contributed by atoms with E-state index in [0.717, 1.165) is 16.7 Å². The van der Waals surface area contributed by atoms with E-state index in [1.165, 1.54) is 0 Å². The lowest BCUT2D eigenvalue weighted by molar-refractivity contribution is 0.252. The number of ether oxygens (including phenoxy) is 1. The van der Waals surface area contributed by atoms with Gasteiger partial charge in [-0.25, -0.2) is 4.79 Å². The number of nitrogens with zero attached hydrogens (tertiary/aromatic N) is 2. The average molecular weight is 352 g/mol. The second-order valence-corrected chi connectivity index (χ2v) is 5.57. The third-order valence-electron chi connectivity index (χ3n) is 3.78. The molecule has 0 aliphatic heterocycles. The highest BCUT2D eigenvalue weighted by molar-refractivity contribution is 5.92. The molecule has 2 aromatic carbocycles. The molecule has 0 atom stereocenters. The van der Waals surface area contributed by atoms with Gasteiger partial charge in [-0.2, -0.15) is 0 Å². The van der Waals surface area contributed by atoms with Gasteiger partial charge in [0.2, 0.25) is 11.8 Å². The van der Waals surface area contributed by atoms with E-state index in [0.29, 0.717) is 29.8 Å². The highest BCUT2D eigenvalue weighted by Gasteiger charge is 2.14. The number of benzene rings is 2. The van der Waals surface area contributed by atoms with Crippen LogP contribution in [0.15, 0.2) is 46.9 Å². The molecular formula is C19H20N4O3. The molecule has 2 amide bonds. The Morgan fingerprint density at radius 3 is 2.58 bits per heavy atom. The number of carbonyl (C=O) groups excluding carboxylic acids is 1. The number of hydrogen-bond donors (Lipinski definition) is 2. The van der Waals surface area contributed by atoms with E-state index in [4.69, 9.17) is 9.15 Å². The van der Waals surface area contributed by atoms with Crippen molar-refractivity contribution < 1.29 is 13.9 Å². The summed E-state index contributed by atoms with van der Waals surface area (Å²) in [7, 11) is 1.56. The number of anilines is 1. The molecule has 0 fully saturated rings. The molecule has 0 aliphatic carbocycles. The number of aromatic nitrogens is 2. The van der Waals surface area contributed by atoms with Crippen LogP contribution in [0.4, 0.5) is 10.5 Å². The van der Waals surface area contributed by atoms with Crippen LogP contribution in [0.3, 0.4) is 0 Å². The molecule has 7 nitrogen and oxygen atoms in total. The van der Waals surface area contributed by atoms with Crippen LogP contribution >= 0.6 is 0 Å². The van der Waals surface area contributed by atoms with Gasteiger partial charge in [-0.15, -0.1) is 10.2 Å². The number of hydrogen-bond acceptors (Lipinski definition) is 5. The number of rotatable bonds is 5. The van der Waals surface area contributed by atoms with Gasteiger partial charge in [-0.05, 0) is 36.2 Å². The molecular weight excluding hydrogens is 332 g/mol.